The summed E-state index contributed by atoms with van der Waals surface area (Å²) in [5.41, 5.74) is -0.998. The van der Waals surface area contributed by atoms with Gasteiger partial charge in [0.15, 0.2) is 0 Å². The predicted octanol–water partition coefficient (Wildman–Crippen LogP) is 2.30. The summed E-state index contributed by atoms with van der Waals surface area (Å²) in [6.45, 7) is 4.40. The molecule has 0 saturated carbocycles. The summed E-state index contributed by atoms with van der Waals surface area (Å²) in [7, 11) is 0. The molecule has 0 aliphatic carbocycles. The molecule has 0 bridgehead atoms. The van der Waals surface area contributed by atoms with Crippen molar-refractivity contribution in [3.63, 3.8) is 0 Å². The van der Waals surface area contributed by atoms with Crippen molar-refractivity contribution >= 4 is 17.9 Å². The van der Waals surface area contributed by atoms with E-state index in [2.05, 4.69) is 4.98 Å². The van der Waals surface area contributed by atoms with Gasteiger partial charge in [0.1, 0.15) is 17.5 Å². The Morgan fingerprint density at radius 1 is 1.53 bits per heavy atom. The number of pyridine rings is 1. The molecule has 19 heavy (non-hydrogen) atoms. The molecule has 1 N–H and O–H groups in total. The fourth-order valence-electron chi connectivity index (χ4n) is 1.34. The fourth-order valence-corrected chi connectivity index (χ4v) is 1.34. The van der Waals surface area contributed by atoms with Crippen molar-refractivity contribution < 1.29 is 20.8 Å². The number of carbonyl (C=O) groups is 2. The van der Waals surface area contributed by atoms with Gasteiger partial charge >= 0.3 is 12.1 Å². The average molecular weight is 267 g/mol. The van der Waals surface area contributed by atoms with Crippen LogP contribution in [0.4, 0.5) is 10.6 Å². The van der Waals surface area contributed by atoms with Crippen LogP contribution in [-0.4, -0.2) is 33.8 Å². The zero-order chi connectivity index (χ0) is 15.3. The van der Waals surface area contributed by atoms with E-state index in [1.54, 1.807) is 26.0 Å². The van der Waals surface area contributed by atoms with E-state index in [4.69, 9.17) is 11.2 Å². The molecule has 0 spiro atoms. The van der Waals surface area contributed by atoms with E-state index in [0.29, 0.717) is 0 Å². The fraction of sp³-hybridized carbons (Fsp3) is 0.462. The number of ether oxygens (including phenoxy) is 1. The first kappa shape index (κ1) is 13.3. The van der Waals surface area contributed by atoms with Gasteiger partial charge in [0.05, 0.1) is 0 Å². The first-order valence-corrected chi connectivity index (χ1v) is 5.74. The van der Waals surface area contributed by atoms with Crippen LogP contribution in [0.15, 0.2) is 24.4 Å². The third-order valence-electron chi connectivity index (χ3n) is 2.20. The Morgan fingerprint density at radius 3 is 2.68 bits per heavy atom. The average Bonchev–Trinajstić information content (AvgIpc) is 2.39. The number of aromatic nitrogens is 1. The molecule has 1 rings (SSSR count). The van der Waals surface area contributed by atoms with E-state index < -0.39 is 23.7 Å². The zero-order valence-corrected chi connectivity index (χ0v) is 11.2. The predicted molar refractivity (Wildman–Crippen MR) is 70.0 cm³/mol. The third kappa shape index (κ3) is 4.24. The summed E-state index contributed by atoms with van der Waals surface area (Å²) in [6.07, 6.45) is 0.621. The standard InChI is InChI=1S/C13H18N2O4/c1-9(11(16)17)15(10-7-5-6-8-14-10)12(18)19-13(2,3)4/h5-9H,1-4H3,(H,16,17)/t9-/m0/s1/i2D. The normalized spacial score (nSPS) is 13.3. The maximum absolute atomic E-state index is 12.2. The molecule has 0 unspecified atom stereocenters. The second kappa shape index (κ2) is 5.69. The van der Waals surface area contributed by atoms with Crippen molar-refractivity contribution in [1.29, 1.82) is 0 Å². The number of hydrogen-bond donors (Lipinski definition) is 1. The highest BCUT2D eigenvalue weighted by atomic mass is 16.6. The number of carbonyl (C=O) groups excluding carboxylic acids is 1. The number of aliphatic carboxylic acids is 1. The van der Waals surface area contributed by atoms with E-state index in [0.717, 1.165) is 4.90 Å². The van der Waals surface area contributed by atoms with Gasteiger partial charge in [-0.1, -0.05) is 6.07 Å². The van der Waals surface area contributed by atoms with E-state index in [1.807, 2.05) is 0 Å². The van der Waals surface area contributed by atoms with Crippen LogP contribution in [0, 0.1) is 0 Å². The Hall–Kier alpha value is -2.11. The molecule has 1 amide bonds. The molecule has 6 nitrogen and oxygen atoms in total. The summed E-state index contributed by atoms with van der Waals surface area (Å²) < 4.78 is 12.5. The molecule has 1 aromatic rings. The van der Waals surface area contributed by atoms with Crippen molar-refractivity contribution in [3.8, 4) is 0 Å². The number of amides is 1. The molecule has 1 aromatic heterocycles. The molecule has 0 aliphatic heterocycles. The third-order valence-corrected chi connectivity index (χ3v) is 2.20. The lowest BCUT2D eigenvalue weighted by Gasteiger charge is -2.28. The van der Waals surface area contributed by atoms with E-state index in [1.165, 1.54) is 19.2 Å². The smallest absolute Gasteiger partial charge is 0.416 e. The summed E-state index contributed by atoms with van der Waals surface area (Å²) in [5, 5.41) is 9.10. The lowest BCUT2D eigenvalue weighted by atomic mass is 10.2. The Labute approximate surface area is 113 Å². The van der Waals surface area contributed by atoms with Crippen molar-refractivity contribution in [2.45, 2.75) is 39.3 Å². The second-order valence-corrected chi connectivity index (χ2v) is 4.70. The van der Waals surface area contributed by atoms with Gasteiger partial charge < -0.3 is 9.84 Å². The van der Waals surface area contributed by atoms with E-state index >= 15 is 0 Å². The van der Waals surface area contributed by atoms with Crippen LogP contribution in [0.25, 0.3) is 0 Å². The van der Waals surface area contributed by atoms with E-state index in [9.17, 15) is 9.59 Å². The Morgan fingerprint density at radius 2 is 2.21 bits per heavy atom. The minimum atomic E-state index is -1.17. The summed E-state index contributed by atoms with van der Waals surface area (Å²) in [6, 6.07) is 3.70. The van der Waals surface area contributed by atoms with Gasteiger partial charge in [-0.05, 0) is 39.8 Å². The minimum absolute atomic E-state index is 0.129. The number of hydrogen-bond acceptors (Lipinski definition) is 4. The van der Waals surface area contributed by atoms with E-state index in [-0.39, 0.29) is 12.7 Å². The number of carboxylic acids is 1. The van der Waals surface area contributed by atoms with Crippen LogP contribution in [0.3, 0.4) is 0 Å². The molecular formula is C13H18N2O4. The Balaban J connectivity index is 3.06. The maximum atomic E-state index is 12.2. The summed E-state index contributed by atoms with van der Waals surface area (Å²) >= 11 is 0. The van der Waals surface area contributed by atoms with Crippen molar-refractivity contribution in [2.75, 3.05) is 4.90 Å². The number of nitrogens with zero attached hydrogens (tertiary/aromatic N) is 2. The van der Waals surface area contributed by atoms with Gasteiger partial charge in [-0.15, -0.1) is 0 Å². The SMILES string of the molecule is [2H]CC(C)(C)OC(=O)N(c1ccccn1)[C@@H](C)C(=O)O. The van der Waals surface area contributed by atoms with Crippen LogP contribution in [0.5, 0.6) is 0 Å². The zero-order valence-electron chi connectivity index (χ0n) is 12.2. The Kier molecular flexibility index (Phi) is 3.99. The van der Waals surface area contributed by atoms with Crippen molar-refractivity contribution in [1.82, 2.24) is 4.98 Å². The summed E-state index contributed by atoms with van der Waals surface area (Å²) in [4.78, 5) is 28.3. The number of anilines is 1. The largest absolute Gasteiger partial charge is 0.480 e. The molecule has 0 aliphatic rings. The topological polar surface area (TPSA) is 79.7 Å². The van der Waals surface area contributed by atoms with Crippen molar-refractivity contribution in [2.24, 2.45) is 0 Å². The van der Waals surface area contributed by atoms with Crippen LogP contribution in [0.2, 0.25) is 0 Å². The monoisotopic (exact) mass is 267 g/mol. The van der Waals surface area contributed by atoms with Gasteiger partial charge in [-0.25, -0.2) is 19.5 Å². The molecule has 0 fully saturated rings. The molecule has 6 heteroatoms. The van der Waals surface area contributed by atoms with Crippen molar-refractivity contribution in [3.05, 3.63) is 24.4 Å². The molecular weight excluding hydrogens is 248 g/mol. The van der Waals surface area contributed by atoms with Crippen LogP contribution >= 0.6 is 0 Å². The van der Waals surface area contributed by atoms with Gasteiger partial charge in [0.25, 0.3) is 0 Å². The lowest BCUT2D eigenvalue weighted by Crippen LogP contribution is -2.46. The highest BCUT2D eigenvalue weighted by molar-refractivity contribution is 5.94. The van der Waals surface area contributed by atoms with Gasteiger partial charge in [-0.2, -0.15) is 0 Å². The lowest BCUT2D eigenvalue weighted by molar-refractivity contribution is -0.138. The minimum Gasteiger partial charge on any atom is -0.480 e. The first-order valence-electron chi connectivity index (χ1n) is 6.44. The highest BCUT2D eigenvalue weighted by Gasteiger charge is 2.31. The molecule has 0 radical (unpaired) electrons. The van der Waals surface area contributed by atoms with Gasteiger partial charge in [0, 0.05) is 7.57 Å². The molecule has 0 saturated heterocycles. The molecule has 1 atom stereocenters. The van der Waals surface area contributed by atoms with Gasteiger partial charge in [0.2, 0.25) is 0 Å². The van der Waals surface area contributed by atoms with Crippen LogP contribution in [-0.2, 0) is 9.53 Å². The molecule has 104 valence electrons. The second-order valence-electron chi connectivity index (χ2n) is 4.70. The number of carboxylic acid groups (broad SMARTS) is 1. The maximum Gasteiger partial charge on any atom is 0.416 e. The highest BCUT2D eigenvalue weighted by Crippen LogP contribution is 2.18. The molecule has 0 aromatic carbocycles. The first-order chi connectivity index (χ1) is 9.28. The molecule has 1 heterocycles. The van der Waals surface area contributed by atoms with Gasteiger partial charge in [-0.3, -0.25) is 0 Å². The Bertz CT molecular complexity index is 479. The van der Waals surface area contributed by atoms with Crippen LogP contribution < -0.4 is 4.90 Å². The van der Waals surface area contributed by atoms with Crippen LogP contribution in [0.1, 0.15) is 29.0 Å². The quantitative estimate of drug-likeness (QED) is 0.908. The summed E-state index contributed by atoms with van der Waals surface area (Å²) in [5.74, 6) is -0.982. The number of rotatable bonds is 3.